The molecular weight excluding hydrogens is 280 g/mol. The Hall–Kier alpha value is -1.44. The largest absolute Gasteiger partial charge is 0.481 e. The van der Waals surface area contributed by atoms with Crippen LogP contribution in [-0.2, 0) is 21.5 Å². The Bertz CT molecular complexity index is 531. The highest BCUT2D eigenvalue weighted by Gasteiger charge is 2.20. The molecule has 0 radical (unpaired) electrons. The molecule has 0 saturated heterocycles. The van der Waals surface area contributed by atoms with Crippen LogP contribution in [0.4, 0.5) is 0 Å². The van der Waals surface area contributed by atoms with Crippen molar-refractivity contribution in [1.82, 2.24) is 9.03 Å². The molecule has 0 amide bonds. The van der Waals surface area contributed by atoms with Crippen LogP contribution in [0.2, 0.25) is 0 Å². The predicted octanol–water partition coefficient (Wildman–Crippen LogP) is 1.21. The second-order valence-corrected chi connectivity index (χ2v) is 6.51. The van der Waals surface area contributed by atoms with Crippen molar-refractivity contribution < 1.29 is 18.3 Å². The molecule has 112 valence electrons. The highest BCUT2D eigenvalue weighted by atomic mass is 32.2. The minimum Gasteiger partial charge on any atom is -0.481 e. The van der Waals surface area contributed by atoms with Crippen molar-refractivity contribution in [1.29, 1.82) is 0 Å². The molecule has 1 unspecified atom stereocenters. The first-order valence-corrected chi connectivity index (χ1v) is 7.74. The second-order valence-electron chi connectivity index (χ2n) is 4.70. The second kappa shape index (κ2) is 7.37. The van der Waals surface area contributed by atoms with E-state index in [9.17, 15) is 13.2 Å². The van der Waals surface area contributed by atoms with Crippen molar-refractivity contribution in [2.24, 2.45) is 0 Å². The SMILES string of the molecule is CC(CCC(=O)O)NS(=O)(=O)N(C)Cc1ccccc1. The molecule has 7 heteroatoms. The first-order valence-electron chi connectivity index (χ1n) is 6.30. The summed E-state index contributed by atoms with van der Waals surface area (Å²) >= 11 is 0. The van der Waals surface area contributed by atoms with Crippen molar-refractivity contribution in [2.75, 3.05) is 7.05 Å². The average Bonchev–Trinajstić information content (AvgIpc) is 2.37. The third-order valence-corrected chi connectivity index (χ3v) is 4.45. The number of carbonyl (C=O) groups is 1. The van der Waals surface area contributed by atoms with Crippen LogP contribution in [0.25, 0.3) is 0 Å². The predicted molar refractivity (Wildman–Crippen MR) is 76.3 cm³/mol. The summed E-state index contributed by atoms with van der Waals surface area (Å²) < 4.78 is 27.8. The average molecular weight is 300 g/mol. The van der Waals surface area contributed by atoms with Crippen molar-refractivity contribution in [3.8, 4) is 0 Å². The van der Waals surface area contributed by atoms with Crippen LogP contribution in [0.5, 0.6) is 0 Å². The van der Waals surface area contributed by atoms with Gasteiger partial charge in [-0.05, 0) is 18.9 Å². The maximum absolute atomic E-state index is 12.1. The lowest BCUT2D eigenvalue weighted by Gasteiger charge is -2.21. The van der Waals surface area contributed by atoms with Crippen molar-refractivity contribution in [3.05, 3.63) is 35.9 Å². The fourth-order valence-electron chi connectivity index (χ4n) is 1.67. The molecule has 0 aliphatic heterocycles. The van der Waals surface area contributed by atoms with Gasteiger partial charge in [0.1, 0.15) is 0 Å². The normalized spacial score (nSPS) is 13.3. The lowest BCUT2D eigenvalue weighted by atomic mass is 10.2. The van der Waals surface area contributed by atoms with Crippen LogP contribution >= 0.6 is 0 Å². The third-order valence-electron chi connectivity index (χ3n) is 2.80. The molecule has 0 fully saturated rings. The van der Waals surface area contributed by atoms with Gasteiger partial charge in [0.15, 0.2) is 0 Å². The topological polar surface area (TPSA) is 86.7 Å². The van der Waals surface area contributed by atoms with Gasteiger partial charge in [-0.25, -0.2) is 0 Å². The Kier molecular flexibility index (Phi) is 6.12. The number of nitrogens with one attached hydrogen (secondary N) is 1. The quantitative estimate of drug-likeness (QED) is 0.755. The van der Waals surface area contributed by atoms with E-state index in [1.54, 1.807) is 6.92 Å². The zero-order chi connectivity index (χ0) is 15.2. The van der Waals surface area contributed by atoms with Crippen LogP contribution in [-0.4, -0.2) is 36.9 Å². The Morgan fingerprint density at radius 3 is 2.50 bits per heavy atom. The molecule has 0 heterocycles. The number of hydrogen-bond donors (Lipinski definition) is 2. The van der Waals surface area contributed by atoms with Gasteiger partial charge in [0, 0.05) is 26.1 Å². The van der Waals surface area contributed by atoms with E-state index in [1.807, 2.05) is 30.3 Å². The zero-order valence-electron chi connectivity index (χ0n) is 11.6. The van der Waals surface area contributed by atoms with Gasteiger partial charge in [-0.15, -0.1) is 0 Å². The monoisotopic (exact) mass is 300 g/mol. The molecule has 0 aliphatic rings. The van der Waals surface area contributed by atoms with Gasteiger partial charge in [0.25, 0.3) is 10.2 Å². The summed E-state index contributed by atoms with van der Waals surface area (Å²) in [5, 5.41) is 8.58. The van der Waals surface area contributed by atoms with Gasteiger partial charge in [-0.1, -0.05) is 30.3 Å². The van der Waals surface area contributed by atoms with Gasteiger partial charge in [-0.2, -0.15) is 17.4 Å². The highest BCUT2D eigenvalue weighted by Crippen LogP contribution is 2.07. The number of carboxylic acids is 1. The third kappa shape index (κ3) is 5.68. The van der Waals surface area contributed by atoms with Crippen LogP contribution in [0.1, 0.15) is 25.3 Å². The maximum Gasteiger partial charge on any atom is 0.303 e. The minimum absolute atomic E-state index is 0.0634. The molecule has 0 aromatic heterocycles. The van der Waals surface area contributed by atoms with Crippen LogP contribution < -0.4 is 4.72 Å². The molecule has 1 atom stereocenters. The van der Waals surface area contributed by atoms with Crippen molar-refractivity contribution >= 4 is 16.2 Å². The molecule has 1 aromatic rings. The van der Waals surface area contributed by atoms with E-state index in [1.165, 1.54) is 11.4 Å². The van der Waals surface area contributed by atoms with E-state index in [0.29, 0.717) is 0 Å². The van der Waals surface area contributed by atoms with E-state index >= 15 is 0 Å². The highest BCUT2D eigenvalue weighted by molar-refractivity contribution is 7.87. The standard InChI is InChI=1S/C13H20N2O4S/c1-11(8-9-13(16)17)14-20(18,19)15(2)10-12-6-4-3-5-7-12/h3-7,11,14H,8-10H2,1-2H3,(H,16,17). The molecule has 0 bridgehead atoms. The molecule has 1 aromatic carbocycles. The molecule has 20 heavy (non-hydrogen) atoms. The molecule has 0 spiro atoms. The van der Waals surface area contributed by atoms with Gasteiger partial charge in [0.05, 0.1) is 0 Å². The van der Waals surface area contributed by atoms with Crippen molar-refractivity contribution in [3.63, 3.8) is 0 Å². The summed E-state index contributed by atoms with van der Waals surface area (Å²) in [6, 6.07) is 8.83. The van der Waals surface area contributed by atoms with Crippen molar-refractivity contribution in [2.45, 2.75) is 32.4 Å². The Morgan fingerprint density at radius 1 is 1.35 bits per heavy atom. The summed E-state index contributed by atoms with van der Waals surface area (Å²) in [4.78, 5) is 10.5. The number of rotatable bonds is 8. The fraction of sp³-hybridized carbons (Fsp3) is 0.462. The van der Waals surface area contributed by atoms with Gasteiger partial charge in [-0.3, -0.25) is 4.79 Å². The zero-order valence-corrected chi connectivity index (χ0v) is 12.4. The Balaban J connectivity index is 2.57. The first kappa shape index (κ1) is 16.6. The molecule has 0 saturated carbocycles. The molecule has 2 N–H and O–H groups in total. The number of carboxylic acid groups (broad SMARTS) is 1. The van der Waals surface area contributed by atoms with E-state index in [0.717, 1.165) is 5.56 Å². The van der Waals surface area contributed by atoms with E-state index < -0.39 is 22.2 Å². The number of hydrogen-bond acceptors (Lipinski definition) is 3. The number of aliphatic carboxylic acids is 1. The van der Waals surface area contributed by atoms with Gasteiger partial charge >= 0.3 is 5.97 Å². The van der Waals surface area contributed by atoms with Gasteiger partial charge < -0.3 is 5.11 Å². The first-order chi connectivity index (χ1) is 9.31. The maximum atomic E-state index is 12.1. The van der Waals surface area contributed by atoms with E-state index in [2.05, 4.69) is 4.72 Å². The van der Waals surface area contributed by atoms with E-state index in [-0.39, 0.29) is 19.4 Å². The lowest BCUT2D eigenvalue weighted by molar-refractivity contribution is -0.137. The summed E-state index contributed by atoms with van der Waals surface area (Å²) in [6.07, 6.45) is 0.194. The minimum atomic E-state index is -3.62. The number of benzene rings is 1. The summed E-state index contributed by atoms with van der Waals surface area (Å²) in [5.74, 6) is -0.936. The van der Waals surface area contributed by atoms with Crippen LogP contribution in [0.15, 0.2) is 30.3 Å². The summed E-state index contributed by atoms with van der Waals surface area (Å²) in [6.45, 7) is 1.92. The Labute approximate surface area is 119 Å². The summed E-state index contributed by atoms with van der Waals surface area (Å²) in [7, 11) is -2.13. The molecule has 0 aliphatic carbocycles. The van der Waals surface area contributed by atoms with Crippen LogP contribution in [0, 0.1) is 0 Å². The van der Waals surface area contributed by atoms with E-state index in [4.69, 9.17) is 5.11 Å². The molecule has 1 rings (SSSR count). The molecule has 6 nitrogen and oxygen atoms in total. The summed E-state index contributed by atoms with van der Waals surface area (Å²) in [5.41, 5.74) is 0.888. The van der Waals surface area contributed by atoms with Crippen LogP contribution in [0.3, 0.4) is 0 Å². The number of nitrogens with zero attached hydrogens (tertiary/aromatic N) is 1. The fourth-order valence-corrected chi connectivity index (χ4v) is 2.79. The van der Waals surface area contributed by atoms with Gasteiger partial charge in [0.2, 0.25) is 0 Å². The lowest BCUT2D eigenvalue weighted by Crippen LogP contribution is -2.42. The molecular formula is C13H20N2O4S. The Morgan fingerprint density at radius 2 is 1.95 bits per heavy atom. The smallest absolute Gasteiger partial charge is 0.303 e.